The highest BCUT2D eigenvalue weighted by Gasteiger charge is 2.10. The van der Waals surface area contributed by atoms with E-state index in [1.54, 1.807) is 26.1 Å². The minimum Gasteiger partial charge on any atom is -0.351 e. The standard InChI is InChI=1S/C11H17N3O3S/c1-8(13-2)11(15)14-7-9-3-5-10(6-4-9)18(12,16)17/h3-6,8,13H,7H2,1-2H3,(H,14,15)(H2,12,16,17). The largest absolute Gasteiger partial charge is 0.351 e. The van der Waals surface area contributed by atoms with E-state index in [-0.39, 0.29) is 16.8 Å². The Morgan fingerprint density at radius 2 is 1.89 bits per heavy atom. The predicted molar refractivity (Wildman–Crippen MR) is 68.2 cm³/mol. The van der Waals surface area contributed by atoms with Gasteiger partial charge in [-0.05, 0) is 31.7 Å². The maximum atomic E-state index is 11.5. The molecule has 1 aromatic rings. The molecule has 7 heteroatoms. The molecule has 100 valence electrons. The van der Waals surface area contributed by atoms with Gasteiger partial charge in [-0.1, -0.05) is 12.1 Å². The van der Waals surface area contributed by atoms with Gasteiger partial charge in [-0.15, -0.1) is 0 Å². The summed E-state index contributed by atoms with van der Waals surface area (Å²) in [4.78, 5) is 11.5. The zero-order valence-corrected chi connectivity index (χ0v) is 11.1. The smallest absolute Gasteiger partial charge is 0.238 e. The van der Waals surface area contributed by atoms with Crippen LogP contribution in [0.5, 0.6) is 0 Å². The number of sulfonamides is 1. The second-order valence-corrected chi connectivity index (χ2v) is 5.48. The molecular weight excluding hydrogens is 254 g/mol. The highest BCUT2D eigenvalue weighted by Crippen LogP contribution is 2.08. The van der Waals surface area contributed by atoms with Gasteiger partial charge in [0.2, 0.25) is 15.9 Å². The molecule has 0 bridgehead atoms. The summed E-state index contributed by atoms with van der Waals surface area (Å²) in [6, 6.07) is 5.79. The van der Waals surface area contributed by atoms with Gasteiger partial charge in [0.1, 0.15) is 0 Å². The first-order valence-electron chi connectivity index (χ1n) is 5.41. The van der Waals surface area contributed by atoms with Gasteiger partial charge in [-0.2, -0.15) is 0 Å². The lowest BCUT2D eigenvalue weighted by Gasteiger charge is -2.11. The number of carbonyl (C=O) groups is 1. The Morgan fingerprint density at radius 3 is 2.33 bits per heavy atom. The van der Waals surface area contributed by atoms with E-state index in [0.29, 0.717) is 6.54 Å². The number of carbonyl (C=O) groups excluding carboxylic acids is 1. The van der Waals surface area contributed by atoms with Crippen LogP contribution in [0, 0.1) is 0 Å². The number of rotatable bonds is 5. The van der Waals surface area contributed by atoms with Crippen molar-refractivity contribution in [2.75, 3.05) is 7.05 Å². The van der Waals surface area contributed by atoms with Crippen molar-refractivity contribution in [1.29, 1.82) is 0 Å². The number of hydrogen-bond donors (Lipinski definition) is 3. The third-order valence-electron chi connectivity index (χ3n) is 2.54. The summed E-state index contributed by atoms with van der Waals surface area (Å²) < 4.78 is 22.1. The normalized spacial score (nSPS) is 13.1. The van der Waals surface area contributed by atoms with Gasteiger partial charge in [0.05, 0.1) is 10.9 Å². The van der Waals surface area contributed by atoms with Crippen molar-refractivity contribution in [2.24, 2.45) is 5.14 Å². The lowest BCUT2D eigenvalue weighted by molar-refractivity contribution is -0.122. The van der Waals surface area contributed by atoms with E-state index in [1.165, 1.54) is 12.1 Å². The maximum absolute atomic E-state index is 11.5. The van der Waals surface area contributed by atoms with Crippen molar-refractivity contribution in [3.05, 3.63) is 29.8 Å². The minimum atomic E-state index is -3.67. The quantitative estimate of drug-likeness (QED) is 0.675. The average molecular weight is 271 g/mol. The third kappa shape index (κ3) is 4.10. The van der Waals surface area contributed by atoms with Crippen LogP contribution in [-0.2, 0) is 21.4 Å². The Balaban J connectivity index is 2.63. The molecule has 0 aliphatic rings. The summed E-state index contributed by atoms with van der Waals surface area (Å²) in [5, 5.41) is 10.5. The second-order valence-electron chi connectivity index (χ2n) is 3.92. The summed E-state index contributed by atoms with van der Waals surface area (Å²) in [6.07, 6.45) is 0. The molecule has 1 atom stereocenters. The van der Waals surface area contributed by atoms with E-state index in [9.17, 15) is 13.2 Å². The molecule has 0 aliphatic heterocycles. The topological polar surface area (TPSA) is 101 Å². The number of likely N-dealkylation sites (N-methyl/N-ethyl adjacent to an activating group) is 1. The molecule has 0 radical (unpaired) electrons. The fourth-order valence-electron chi connectivity index (χ4n) is 1.27. The number of nitrogens with two attached hydrogens (primary N) is 1. The molecule has 0 spiro atoms. The molecule has 4 N–H and O–H groups in total. The summed E-state index contributed by atoms with van der Waals surface area (Å²) in [6.45, 7) is 2.09. The van der Waals surface area contributed by atoms with E-state index in [2.05, 4.69) is 10.6 Å². The Bertz CT molecular complexity index is 511. The first kappa shape index (κ1) is 14.6. The molecule has 0 saturated heterocycles. The predicted octanol–water partition coefficient (Wildman–Crippen LogP) is -0.442. The average Bonchev–Trinajstić information content (AvgIpc) is 2.34. The van der Waals surface area contributed by atoms with Crippen LogP contribution < -0.4 is 15.8 Å². The molecule has 0 saturated carbocycles. The van der Waals surface area contributed by atoms with Crippen molar-refractivity contribution in [2.45, 2.75) is 24.4 Å². The number of amides is 1. The van der Waals surface area contributed by atoms with Gasteiger partial charge in [0.25, 0.3) is 0 Å². The lowest BCUT2D eigenvalue weighted by atomic mass is 10.2. The Labute approximate surface area is 107 Å². The SMILES string of the molecule is CNC(C)C(=O)NCc1ccc(S(N)(=O)=O)cc1. The van der Waals surface area contributed by atoms with Crippen LogP contribution in [-0.4, -0.2) is 27.4 Å². The summed E-state index contributed by atoms with van der Waals surface area (Å²) >= 11 is 0. The van der Waals surface area contributed by atoms with Gasteiger partial charge in [-0.3, -0.25) is 4.79 Å². The number of benzene rings is 1. The molecule has 0 heterocycles. The molecule has 1 rings (SSSR count). The maximum Gasteiger partial charge on any atom is 0.238 e. The van der Waals surface area contributed by atoms with Crippen molar-refractivity contribution < 1.29 is 13.2 Å². The van der Waals surface area contributed by atoms with Crippen LogP contribution in [0.25, 0.3) is 0 Å². The molecular formula is C11H17N3O3S. The summed E-state index contributed by atoms with van der Waals surface area (Å²) in [7, 11) is -1.97. The van der Waals surface area contributed by atoms with Crippen LogP contribution in [0.2, 0.25) is 0 Å². The second kappa shape index (κ2) is 5.94. The molecule has 0 aromatic heterocycles. The van der Waals surface area contributed by atoms with Gasteiger partial charge in [0, 0.05) is 6.54 Å². The van der Waals surface area contributed by atoms with Gasteiger partial charge in [-0.25, -0.2) is 13.6 Å². The molecule has 1 unspecified atom stereocenters. The highest BCUT2D eigenvalue weighted by atomic mass is 32.2. The number of hydrogen-bond acceptors (Lipinski definition) is 4. The highest BCUT2D eigenvalue weighted by molar-refractivity contribution is 7.89. The Hall–Kier alpha value is -1.44. The molecule has 0 aliphatic carbocycles. The minimum absolute atomic E-state index is 0.0566. The first-order chi connectivity index (χ1) is 8.34. The van der Waals surface area contributed by atoms with Crippen LogP contribution in [0.4, 0.5) is 0 Å². The number of primary sulfonamides is 1. The van der Waals surface area contributed by atoms with Gasteiger partial charge < -0.3 is 10.6 Å². The van der Waals surface area contributed by atoms with E-state index < -0.39 is 10.0 Å². The van der Waals surface area contributed by atoms with Crippen LogP contribution in [0.15, 0.2) is 29.2 Å². The molecule has 1 aromatic carbocycles. The van der Waals surface area contributed by atoms with E-state index in [0.717, 1.165) is 5.56 Å². The van der Waals surface area contributed by atoms with Crippen LogP contribution in [0.3, 0.4) is 0 Å². The zero-order valence-electron chi connectivity index (χ0n) is 10.3. The van der Waals surface area contributed by atoms with E-state index in [4.69, 9.17) is 5.14 Å². The fraction of sp³-hybridized carbons (Fsp3) is 0.364. The monoisotopic (exact) mass is 271 g/mol. The Kier molecular flexibility index (Phi) is 4.83. The van der Waals surface area contributed by atoms with Gasteiger partial charge in [0.15, 0.2) is 0 Å². The number of nitrogens with one attached hydrogen (secondary N) is 2. The third-order valence-corrected chi connectivity index (χ3v) is 3.47. The van der Waals surface area contributed by atoms with Crippen molar-refractivity contribution in [3.8, 4) is 0 Å². The van der Waals surface area contributed by atoms with Crippen molar-refractivity contribution in [3.63, 3.8) is 0 Å². The van der Waals surface area contributed by atoms with Crippen LogP contribution >= 0.6 is 0 Å². The lowest BCUT2D eigenvalue weighted by Crippen LogP contribution is -2.39. The molecule has 1 amide bonds. The van der Waals surface area contributed by atoms with E-state index in [1.807, 2.05) is 0 Å². The van der Waals surface area contributed by atoms with Crippen LogP contribution in [0.1, 0.15) is 12.5 Å². The van der Waals surface area contributed by atoms with E-state index >= 15 is 0 Å². The molecule has 0 fully saturated rings. The fourth-order valence-corrected chi connectivity index (χ4v) is 1.79. The summed E-state index contributed by atoms with van der Waals surface area (Å²) in [5.74, 6) is -0.118. The summed E-state index contributed by atoms with van der Waals surface area (Å²) in [5.41, 5.74) is 0.805. The molecule has 18 heavy (non-hydrogen) atoms. The molecule has 6 nitrogen and oxygen atoms in total. The van der Waals surface area contributed by atoms with Crippen molar-refractivity contribution in [1.82, 2.24) is 10.6 Å². The van der Waals surface area contributed by atoms with Gasteiger partial charge >= 0.3 is 0 Å². The Morgan fingerprint density at radius 1 is 1.33 bits per heavy atom. The van der Waals surface area contributed by atoms with Crippen molar-refractivity contribution >= 4 is 15.9 Å². The first-order valence-corrected chi connectivity index (χ1v) is 6.96. The zero-order chi connectivity index (χ0) is 13.8.